The van der Waals surface area contributed by atoms with Gasteiger partial charge in [0.25, 0.3) is 0 Å². The fraction of sp³-hybridized carbons (Fsp3) is 0.625. The van der Waals surface area contributed by atoms with Gasteiger partial charge in [-0.25, -0.2) is 0 Å². The molecule has 0 aliphatic heterocycles. The van der Waals surface area contributed by atoms with Crippen molar-refractivity contribution in [3.05, 3.63) is 29.3 Å². The van der Waals surface area contributed by atoms with E-state index in [0.29, 0.717) is 5.92 Å². The van der Waals surface area contributed by atoms with E-state index < -0.39 is 0 Å². The molecule has 2 rings (SSSR count). The summed E-state index contributed by atoms with van der Waals surface area (Å²) in [7, 11) is 1.71. The largest absolute Gasteiger partial charge is 0.496 e. The fourth-order valence-electron chi connectivity index (χ4n) is 2.86. The van der Waals surface area contributed by atoms with Crippen LogP contribution in [0, 0.1) is 12.8 Å². The van der Waals surface area contributed by atoms with E-state index >= 15 is 0 Å². The Hall–Kier alpha value is -1.06. The first-order valence-corrected chi connectivity index (χ1v) is 7.23. The maximum atomic E-state index is 9.95. The van der Waals surface area contributed by atoms with Gasteiger partial charge in [-0.05, 0) is 31.7 Å². The Labute approximate surface area is 116 Å². The molecule has 0 bridgehead atoms. The van der Waals surface area contributed by atoms with E-state index in [9.17, 15) is 5.11 Å². The van der Waals surface area contributed by atoms with Gasteiger partial charge in [0.05, 0.1) is 13.2 Å². The molecule has 2 unspecified atom stereocenters. The third-order valence-electron chi connectivity index (χ3n) is 4.03. The van der Waals surface area contributed by atoms with Gasteiger partial charge in [-0.3, -0.25) is 0 Å². The molecule has 106 valence electrons. The van der Waals surface area contributed by atoms with E-state index in [1.165, 1.54) is 24.0 Å². The summed E-state index contributed by atoms with van der Waals surface area (Å²) in [5, 5.41) is 13.4. The first-order chi connectivity index (χ1) is 9.20. The molecule has 1 aromatic carbocycles. The molecule has 0 heterocycles. The van der Waals surface area contributed by atoms with E-state index in [-0.39, 0.29) is 6.10 Å². The van der Waals surface area contributed by atoms with Crippen molar-refractivity contribution < 1.29 is 9.84 Å². The monoisotopic (exact) mass is 263 g/mol. The quantitative estimate of drug-likeness (QED) is 0.858. The maximum absolute atomic E-state index is 9.95. The Bertz CT molecular complexity index is 406. The zero-order chi connectivity index (χ0) is 13.7. The molecule has 1 aliphatic rings. The van der Waals surface area contributed by atoms with Crippen LogP contribution >= 0.6 is 0 Å². The van der Waals surface area contributed by atoms with E-state index in [2.05, 4.69) is 24.4 Å². The Morgan fingerprint density at radius 1 is 1.32 bits per heavy atom. The third kappa shape index (κ3) is 3.95. The first kappa shape index (κ1) is 14.4. The highest BCUT2D eigenvalue weighted by atomic mass is 16.5. The molecule has 1 fully saturated rings. The number of nitrogens with one attached hydrogen (secondary N) is 1. The summed E-state index contributed by atoms with van der Waals surface area (Å²) in [5.41, 5.74) is 2.43. The van der Waals surface area contributed by atoms with Crippen LogP contribution in [-0.2, 0) is 6.54 Å². The molecule has 1 saturated carbocycles. The highest BCUT2D eigenvalue weighted by molar-refractivity contribution is 5.36. The van der Waals surface area contributed by atoms with Crippen LogP contribution in [0.15, 0.2) is 18.2 Å². The van der Waals surface area contributed by atoms with Gasteiger partial charge in [0.15, 0.2) is 0 Å². The van der Waals surface area contributed by atoms with Crippen LogP contribution in [0.2, 0.25) is 0 Å². The van der Waals surface area contributed by atoms with Gasteiger partial charge >= 0.3 is 0 Å². The first-order valence-electron chi connectivity index (χ1n) is 7.23. The number of rotatable bonds is 5. The molecule has 1 aliphatic carbocycles. The number of aliphatic hydroxyl groups excluding tert-OH is 1. The minimum atomic E-state index is -0.124. The van der Waals surface area contributed by atoms with E-state index in [4.69, 9.17) is 4.74 Å². The molecule has 2 N–H and O–H groups in total. The lowest BCUT2D eigenvalue weighted by Crippen LogP contribution is -2.33. The number of methoxy groups -OCH3 is 1. The summed E-state index contributed by atoms with van der Waals surface area (Å²) in [5.74, 6) is 1.34. The van der Waals surface area contributed by atoms with E-state index in [1.807, 2.05) is 6.07 Å². The molecule has 0 saturated heterocycles. The normalized spacial score (nSPS) is 23.3. The summed E-state index contributed by atoms with van der Waals surface area (Å²) >= 11 is 0. The number of hydrogen-bond acceptors (Lipinski definition) is 3. The van der Waals surface area contributed by atoms with Crippen LogP contribution in [-0.4, -0.2) is 24.9 Å². The van der Waals surface area contributed by atoms with Gasteiger partial charge in [-0.1, -0.05) is 30.5 Å². The lowest BCUT2D eigenvalue weighted by atomic mass is 9.86. The molecule has 0 amide bonds. The van der Waals surface area contributed by atoms with Crippen LogP contribution in [0.4, 0.5) is 0 Å². The van der Waals surface area contributed by atoms with Gasteiger partial charge in [-0.15, -0.1) is 0 Å². The number of hydrogen-bond donors (Lipinski definition) is 2. The number of ether oxygens (including phenoxy) is 1. The Morgan fingerprint density at radius 2 is 2.11 bits per heavy atom. The molecule has 0 spiro atoms. The summed E-state index contributed by atoms with van der Waals surface area (Å²) in [6.07, 6.45) is 4.39. The van der Waals surface area contributed by atoms with E-state index in [1.54, 1.807) is 7.11 Å². The smallest absolute Gasteiger partial charge is 0.123 e. The Balaban J connectivity index is 1.86. The average Bonchev–Trinajstić information content (AvgIpc) is 2.41. The molecule has 19 heavy (non-hydrogen) atoms. The summed E-state index contributed by atoms with van der Waals surface area (Å²) < 4.78 is 5.37. The highest BCUT2D eigenvalue weighted by Gasteiger charge is 2.22. The van der Waals surface area contributed by atoms with Gasteiger partial charge in [0.1, 0.15) is 5.75 Å². The van der Waals surface area contributed by atoms with Crippen molar-refractivity contribution in [2.24, 2.45) is 5.92 Å². The molecule has 1 aromatic rings. The molecule has 3 nitrogen and oxygen atoms in total. The second-order valence-electron chi connectivity index (χ2n) is 5.56. The lowest BCUT2D eigenvalue weighted by Gasteiger charge is -2.27. The molecule has 3 heteroatoms. The van der Waals surface area contributed by atoms with Crippen molar-refractivity contribution in [3.63, 3.8) is 0 Å². The van der Waals surface area contributed by atoms with Crippen molar-refractivity contribution in [2.45, 2.75) is 45.3 Å². The van der Waals surface area contributed by atoms with Gasteiger partial charge in [0, 0.05) is 18.7 Å². The summed E-state index contributed by atoms with van der Waals surface area (Å²) in [6, 6.07) is 6.23. The zero-order valence-electron chi connectivity index (χ0n) is 12.0. The van der Waals surface area contributed by atoms with Crippen LogP contribution in [0.3, 0.4) is 0 Å². The minimum Gasteiger partial charge on any atom is -0.496 e. The van der Waals surface area contributed by atoms with Crippen LogP contribution in [0.25, 0.3) is 0 Å². The SMILES string of the molecule is COc1ccc(C)cc1CNCC1CCCCC1O. The Kier molecular flexibility index (Phi) is 5.23. The van der Waals surface area contributed by atoms with Gasteiger partial charge in [0.2, 0.25) is 0 Å². The topological polar surface area (TPSA) is 41.5 Å². The lowest BCUT2D eigenvalue weighted by molar-refractivity contribution is 0.0695. The standard InChI is InChI=1S/C16H25NO2/c1-12-7-8-16(19-2)14(9-12)11-17-10-13-5-3-4-6-15(13)18/h7-9,13,15,17-18H,3-6,10-11H2,1-2H3. The van der Waals surface area contributed by atoms with Crippen molar-refractivity contribution in [3.8, 4) is 5.75 Å². The average molecular weight is 263 g/mol. The maximum Gasteiger partial charge on any atom is 0.123 e. The van der Waals surface area contributed by atoms with Crippen LogP contribution in [0.1, 0.15) is 36.8 Å². The summed E-state index contributed by atoms with van der Waals surface area (Å²) in [4.78, 5) is 0. The third-order valence-corrected chi connectivity index (χ3v) is 4.03. The predicted octanol–water partition coefficient (Wildman–Crippen LogP) is 2.64. The molecule has 0 radical (unpaired) electrons. The number of benzene rings is 1. The molecule has 2 atom stereocenters. The Morgan fingerprint density at radius 3 is 2.84 bits per heavy atom. The van der Waals surface area contributed by atoms with Crippen molar-refractivity contribution in [2.75, 3.05) is 13.7 Å². The van der Waals surface area contributed by atoms with Crippen molar-refractivity contribution in [1.29, 1.82) is 0 Å². The van der Waals surface area contributed by atoms with Crippen LogP contribution < -0.4 is 10.1 Å². The molecular weight excluding hydrogens is 238 g/mol. The highest BCUT2D eigenvalue weighted by Crippen LogP contribution is 2.24. The predicted molar refractivity (Wildman–Crippen MR) is 77.4 cm³/mol. The zero-order valence-corrected chi connectivity index (χ0v) is 12.0. The van der Waals surface area contributed by atoms with Crippen molar-refractivity contribution in [1.82, 2.24) is 5.32 Å². The summed E-state index contributed by atoms with van der Waals surface area (Å²) in [6.45, 7) is 3.78. The minimum absolute atomic E-state index is 0.124. The molecular formula is C16H25NO2. The second kappa shape index (κ2) is 6.92. The molecule has 0 aromatic heterocycles. The van der Waals surface area contributed by atoms with Crippen molar-refractivity contribution >= 4 is 0 Å². The number of aryl methyl sites for hydroxylation is 1. The van der Waals surface area contributed by atoms with Gasteiger partial charge < -0.3 is 15.2 Å². The number of aliphatic hydroxyl groups is 1. The fourth-order valence-corrected chi connectivity index (χ4v) is 2.86. The van der Waals surface area contributed by atoms with E-state index in [0.717, 1.165) is 31.7 Å². The second-order valence-corrected chi connectivity index (χ2v) is 5.56. The van der Waals surface area contributed by atoms with Crippen LogP contribution in [0.5, 0.6) is 5.75 Å². The van der Waals surface area contributed by atoms with Gasteiger partial charge in [-0.2, -0.15) is 0 Å².